The molecule has 35 heavy (non-hydrogen) atoms. The van der Waals surface area contributed by atoms with Gasteiger partial charge in [0.25, 0.3) is 0 Å². The first kappa shape index (κ1) is 27.8. The van der Waals surface area contributed by atoms with Crippen LogP contribution in [0.2, 0.25) is 10.0 Å². The molecule has 1 fully saturated rings. The zero-order valence-electron chi connectivity index (χ0n) is 20.2. The van der Waals surface area contributed by atoms with Crippen LogP contribution in [0, 0.1) is 11.2 Å². The molecule has 0 bridgehead atoms. The van der Waals surface area contributed by atoms with Crippen molar-refractivity contribution >= 4 is 29.1 Å². The highest BCUT2D eigenvalue weighted by atomic mass is 35.5. The average molecular weight is 526 g/mol. The van der Waals surface area contributed by atoms with Crippen LogP contribution in [-0.2, 0) is 10.3 Å². The third kappa shape index (κ3) is 6.34. The van der Waals surface area contributed by atoms with Crippen LogP contribution in [0.3, 0.4) is 0 Å². The highest BCUT2D eigenvalue weighted by molar-refractivity contribution is 6.30. The van der Waals surface area contributed by atoms with Gasteiger partial charge in [0.1, 0.15) is 5.82 Å². The number of aliphatic hydroxyl groups is 2. The van der Waals surface area contributed by atoms with Crippen LogP contribution in [0.4, 0.5) is 4.39 Å². The summed E-state index contributed by atoms with van der Waals surface area (Å²) in [6, 6.07) is 10.3. The molecule has 6 nitrogen and oxygen atoms in total. The van der Waals surface area contributed by atoms with Crippen molar-refractivity contribution in [3.8, 4) is 0 Å². The molecule has 1 amide bonds. The highest BCUT2D eigenvalue weighted by Gasteiger charge is 2.57. The Labute approximate surface area is 216 Å². The maximum absolute atomic E-state index is 15.4. The van der Waals surface area contributed by atoms with E-state index in [0.717, 1.165) is 0 Å². The molecule has 0 spiro atoms. The van der Waals surface area contributed by atoms with E-state index < -0.39 is 42.1 Å². The summed E-state index contributed by atoms with van der Waals surface area (Å²) < 4.78 is 15.4. The molecular weight excluding hydrogens is 492 g/mol. The van der Waals surface area contributed by atoms with E-state index in [9.17, 15) is 9.90 Å². The van der Waals surface area contributed by atoms with Gasteiger partial charge in [-0.1, -0.05) is 62.2 Å². The van der Waals surface area contributed by atoms with Crippen molar-refractivity contribution < 1.29 is 19.4 Å². The minimum Gasteiger partial charge on any atom is -0.394 e. The number of nitrogens with one attached hydrogen (secondary N) is 2. The third-order valence-electron chi connectivity index (χ3n) is 6.50. The lowest BCUT2D eigenvalue weighted by molar-refractivity contribution is -0.123. The fraction of sp³-hybridized carbons (Fsp3) is 0.500. The first-order valence-corrected chi connectivity index (χ1v) is 12.4. The SMILES string of the molecule is CC(C)(C)C[C@@H]1N[C@@H](C(=O)NCC[C@H](O)CO)[C@H](c2cccc(Cl)c2)[C@@]1(N)c1ccc(Cl)cc1F. The Morgan fingerprint density at radius 2 is 1.91 bits per heavy atom. The summed E-state index contributed by atoms with van der Waals surface area (Å²) in [5, 5.41) is 25.7. The van der Waals surface area contributed by atoms with E-state index in [1.165, 1.54) is 6.07 Å². The van der Waals surface area contributed by atoms with Gasteiger partial charge in [-0.15, -0.1) is 0 Å². The number of amides is 1. The fourth-order valence-corrected chi connectivity index (χ4v) is 5.30. The van der Waals surface area contributed by atoms with Crippen molar-refractivity contribution in [3.05, 3.63) is 69.5 Å². The number of rotatable bonds is 8. The number of benzene rings is 2. The molecule has 0 aromatic heterocycles. The monoisotopic (exact) mass is 525 g/mol. The van der Waals surface area contributed by atoms with E-state index in [4.69, 9.17) is 34.0 Å². The number of hydrogen-bond donors (Lipinski definition) is 5. The summed E-state index contributed by atoms with van der Waals surface area (Å²) in [5.41, 5.74) is 6.67. The second-order valence-electron chi connectivity index (χ2n) is 10.5. The quantitative estimate of drug-likeness (QED) is 0.361. The van der Waals surface area contributed by atoms with Crippen molar-refractivity contribution in [2.24, 2.45) is 11.1 Å². The second-order valence-corrected chi connectivity index (χ2v) is 11.3. The standard InChI is InChI=1S/C26H34Cl2FN3O3/c1-25(2,3)13-21-26(30,19-8-7-17(28)12-20(19)29)22(15-5-4-6-16(27)11-15)23(32-21)24(35)31-10-9-18(34)14-33/h4-8,11-12,18,21-23,32-34H,9-10,13-14,30H2,1-3H3,(H,31,35)/t18-,21-,22-,23+,26+/m0/s1. The van der Waals surface area contributed by atoms with E-state index >= 15 is 4.39 Å². The van der Waals surface area contributed by atoms with E-state index in [1.54, 1.807) is 30.3 Å². The lowest BCUT2D eigenvalue weighted by Gasteiger charge is -2.39. The van der Waals surface area contributed by atoms with Gasteiger partial charge in [0.2, 0.25) is 5.91 Å². The second kappa shape index (κ2) is 11.1. The Hall–Kier alpha value is -1.74. The lowest BCUT2D eigenvalue weighted by Crippen LogP contribution is -2.52. The normalized spacial score (nSPS) is 25.5. The predicted octanol–water partition coefficient (Wildman–Crippen LogP) is 3.71. The molecule has 1 aliphatic rings. The van der Waals surface area contributed by atoms with Crippen molar-refractivity contribution in [1.82, 2.24) is 10.6 Å². The van der Waals surface area contributed by atoms with Crippen LogP contribution in [0.25, 0.3) is 0 Å². The lowest BCUT2D eigenvalue weighted by atomic mass is 9.68. The molecule has 9 heteroatoms. The topological polar surface area (TPSA) is 108 Å². The maximum atomic E-state index is 15.4. The Morgan fingerprint density at radius 3 is 2.51 bits per heavy atom. The van der Waals surface area contributed by atoms with Gasteiger partial charge < -0.3 is 26.6 Å². The average Bonchev–Trinajstić information content (AvgIpc) is 3.04. The summed E-state index contributed by atoms with van der Waals surface area (Å²) in [6.07, 6.45) is -0.168. The van der Waals surface area contributed by atoms with Crippen molar-refractivity contribution in [1.29, 1.82) is 0 Å². The van der Waals surface area contributed by atoms with Crippen LogP contribution in [-0.4, -0.2) is 47.5 Å². The Bertz CT molecular complexity index is 1050. The molecule has 1 aliphatic heterocycles. The molecular formula is C26H34Cl2FN3O3. The summed E-state index contributed by atoms with van der Waals surface area (Å²) in [7, 11) is 0. The number of carbonyl (C=O) groups is 1. The van der Waals surface area contributed by atoms with E-state index in [2.05, 4.69) is 31.4 Å². The van der Waals surface area contributed by atoms with E-state index in [-0.39, 0.29) is 34.9 Å². The first-order chi connectivity index (χ1) is 16.4. The minimum atomic E-state index is -1.31. The molecule has 0 unspecified atom stereocenters. The van der Waals surface area contributed by atoms with Crippen molar-refractivity contribution in [2.45, 2.75) is 63.3 Å². The minimum absolute atomic E-state index is 0.165. The Balaban J connectivity index is 2.12. The van der Waals surface area contributed by atoms with Crippen LogP contribution in [0.15, 0.2) is 42.5 Å². The van der Waals surface area contributed by atoms with Crippen LogP contribution >= 0.6 is 23.2 Å². The molecule has 1 saturated heterocycles. The number of aliphatic hydroxyl groups excluding tert-OH is 2. The van der Waals surface area contributed by atoms with Gasteiger partial charge in [-0.3, -0.25) is 4.79 Å². The molecule has 2 aromatic rings. The van der Waals surface area contributed by atoms with Crippen molar-refractivity contribution in [2.75, 3.05) is 13.2 Å². The number of carbonyl (C=O) groups excluding carboxylic acids is 1. The number of hydrogen-bond acceptors (Lipinski definition) is 5. The highest BCUT2D eigenvalue weighted by Crippen LogP contribution is 2.49. The summed E-state index contributed by atoms with van der Waals surface area (Å²) in [5.74, 6) is -1.53. The molecule has 0 saturated carbocycles. The van der Waals surface area contributed by atoms with Gasteiger partial charge >= 0.3 is 0 Å². The Kier molecular flexibility index (Phi) is 8.84. The smallest absolute Gasteiger partial charge is 0.237 e. The zero-order valence-corrected chi connectivity index (χ0v) is 21.7. The predicted molar refractivity (Wildman–Crippen MR) is 137 cm³/mol. The first-order valence-electron chi connectivity index (χ1n) is 11.7. The summed E-state index contributed by atoms with van der Waals surface area (Å²) in [6.45, 7) is 5.96. The fourth-order valence-electron chi connectivity index (χ4n) is 4.94. The van der Waals surface area contributed by atoms with Crippen LogP contribution in [0.5, 0.6) is 0 Å². The van der Waals surface area contributed by atoms with E-state index in [1.807, 2.05) is 6.07 Å². The Morgan fingerprint density at radius 1 is 1.23 bits per heavy atom. The van der Waals surface area contributed by atoms with Crippen LogP contribution in [0.1, 0.15) is 50.7 Å². The van der Waals surface area contributed by atoms with Gasteiger partial charge in [0, 0.05) is 34.1 Å². The molecule has 3 rings (SSSR count). The van der Waals surface area contributed by atoms with Gasteiger partial charge in [-0.2, -0.15) is 0 Å². The van der Waals surface area contributed by atoms with Gasteiger partial charge in [0.15, 0.2) is 0 Å². The van der Waals surface area contributed by atoms with Crippen molar-refractivity contribution in [3.63, 3.8) is 0 Å². The maximum Gasteiger partial charge on any atom is 0.237 e. The summed E-state index contributed by atoms with van der Waals surface area (Å²) in [4.78, 5) is 13.4. The molecule has 5 atom stereocenters. The largest absolute Gasteiger partial charge is 0.394 e. The third-order valence-corrected chi connectivity index (χ3v) is 6.97. The van der Waals surface area contributed by atoms with Gasteiger partial charge in [-0.25, -0.2) is 4.39 Å². The number of nitrogens with two attached hydrogens (primary N) is 1. The van der Waals surface area contributed by atoms with Gasteiger partial charge in [-0.05, 0) is 48.1 Å². The molecule has 0 radical (unpaired) electrons. The molecule has 2 aromatic carbocycles. The molecule has 192 valence electrons. The molecule has 6 N–H and O–H groups in total. The van der Waals surface area contributed by atoms with Gasteiger partial charge in [0.05, 0.1) is 24.3 Å². The molecule has 1 heterocycles. The van der Waals surface area contributed by atoms with Crippen LogP contribution < -0.4 is 16.4 Å². The molecule has 0 aliphatic carbocycles. The number of halogens is 3. The zero-order chi connectivity index (χ0) is 26.0. The summed E-state index contributed by atoms with van der Waals surface area (Å²) >= 11 is 12.4. The van der Waals surface area contributed by atoms with E-state index in [0.29, 0.717) is 17.0 Å².